The van der Waals surface area contributed by atoms with Gasteiger partial charge in [0.2, 0.25) is 0 Å². The van der Waals surface area contributed by atoms with Crippen molar-refractivity contribution in [2.45, 2.75) is 50.7 Å². The smallest absolute Gasteiger partial charge is 0.122 e. The van der Waals surface area contributed by atoms with Crippen molar-refractivity contribution in [3.63, 3.8) is 0 Å². The summed E-state index contributed by atoms with van der Waals surface area (Å²) in [6.45, 7) is 2.04. The molecule has 1 aliphatic rings. The molecule has 0 spiro atoms. The van der Waals surface area contributed by atoms with Crippen LogP contribution in [0.25, 0.3) is 0 Å². The van der Waals surface area contributed by atoms with Crippen molar-refractivity contribution in [3.8, 4) is 5.75 Å². The SMILES string of the molecule is CCc1ccc(Cc2cc([C@@H]3C[C@H](CO)[C@@H](O)[C@H](O)C3)ccc2OC)cc1. The fourth-order valence-corrected chi connectivity index (χ4v) is 4.10. The second-order valence-corrected chi connectivity index (χ2v) is 7.59. The molecule has 0 heterocycles. The number of ether oxygens (including phenoxy) is 1. The molecule has 0 amide bonds. The molecule has 146 valence electrons. The summed E-state index contributed by atoms with van der Waals surface area (Å²) in [4.78, 5) is 0. The Kier molecular flexibility index (Phi) is 6.53. The minimum Gasteiger partial charge on any atom is -0.496 e. The maximum absolute atomic E-state index is 10.2. The molecule has 2 aromatic carbocycles. The molecule has 2 aromatic rings. The van der Waals surface area contributed by atoms with Gasteiger partial charge in [0.05, 0.1) is 19.3 Å². The maximum Gasteiger partial charge on any atom is 0.122 e. The van der Waals surface area contributed by atoms with Crippen LogP contribution in [-0.2, 0) is 12.8 Å². The summed E-state index contributed by atoms with van der Waals surface area (Å²) in [6, 6.07) is 14.8. The van der Waals surface area contributed by atoms with Gasteiger partial charge in [0, 0.05) is 18.9 Å². The van der Waals surface area contributed by atoms with Gasteiger partial charge in [-0.05, 0) is 53.5 Å². The number of rotatable bonds is 6. The lowest BCUT2D eigenvalue weighted by molar-refractivity contribution is -0.0647. The summed E-state index contributed by atoms with van der Waals surface area (Å²) in [5, 5.41) is 29.8. The summed E-state index contributed by atoms with van der Waals surface area (Å²) in [6.07, 6.45) is 1.35. The molecule has 1 fully saturated rings. The number of aliphatic hydroxyl groups is 3. The molecule has 0 saturated heterocycles. The normalized spacial score (nSPS) is 25.4. The molecule has 1 saturated carbocycles. The molecule has 0 aliphatic heterocycles. The van der Waals surface area contributed by atoms with Gasteiger partial charge in [-0.3, -0.25) is 0 Å². The zero-order chi connectivity index (χ0) is 19.4. The van der Waals surface area contributed by atoms with E-state index >= 15 is 0 Å². The van der Waals surface area contributed by atoms with Crippen molar-refractivity contribution in [1.29, 1.82) is 0 Å². The van der Waals surface area contributed by atoms with Crippen molar-refractivity contribution in [2.24, 2.45) is 5.92 Å². The molecule has 4 heteroatoms. The lowest BCUT2D eigenvalue weighted by Crippen LogP contribution is -2.41. The molecule has 3 rings (SSSR count). The Morgan fingerprint density at radius 2 is 1.70 bits per heavy atom. The fraction of sp³-hybridized carbons (Fsp3) is 0.478. The van der Waals surface area contributed by atoms with Crippen LogP contribution < -0.4 is 4.74 Å². The van der Waals surface area contributed by atoms with Gasteiger partial charge in [0.25, 0.3) is 0 Å². The van der Waals surface area contributed by atoms with Crippen LogP contribution in [0.5, 0.6) is 5.75 Å². The van der Waals surface area contributed by atoms with Gasteiger partial charge in [0.1, 0.15) is 5.75 Å². The van der Waals surface area contributed by atoms with Crippen LogP contribution in [0.4, 0.5) is 0 Å². The zero-order valence-electron chi connectivity index (χ0n) is 16.1. The standard InChI is InChI=1S/C23H30O4/c1-3-15-4-6-16(7-5-15)10-19-11-17(8-9-22(19)27-2)18-12-20(14-24)23(26)21(25)13-18/h4-9,11,18,20-21,23-26H,3,10,12-14H2,1-2H3/t18-,20-,21-,23-/m1/s1. The molecule has 3 N–H and O–H groups in total. The Balaban J connectivity index is 1.84. The number of aryl methyl sites for hydroxylation is 1. The predicted octanol–water partition coefficient (Wildman–Crippen LogP) is 3.06. The minimum absolute atomic E-state index is 0.110. The third kappa shape index (κ3) is 4.52. The summed E-state index contributed by atoms with van der Waals surface area (Å²) >= 11 is 0. The van der Waals surface area contributed by atoms with E-state index in [-0.39, 0.29) is 18.4 Å². The van der Waals surface area contributed by atoms with Crippen LogP contribution in [0.2, 0.25) is 0 Å². The van der Waals surface area contributed by atoms with Crippen molar-refractivity contribution in [2.75, 3.05) is 13.7 Å². The molecule has 1 aliphatic carbocycles. The Labute approximate surface area is 161 Å². The summed E-state index contributed by atoms with van der Waals surface area (Å²) < 4.78 is 5.56. The average molecular weight is 370 g/mol. The number of aliphatic hydroxyl groups excluding tert-OH is 3. The molecule has 0 bridgehead atoms. The first-order valence-electron chi connectivity index (χ1n) is 9.77. The van der Waals surface area contributed by atoms with Crippen molar-refractivity contribution >= 4 is 0 Å². The molecule has 0 radical (unpaired) electrons. The van der Waals surface area contributed by atoms with Crippen LogP contribution in [0, 0.1) is 5.92 Å². The largest absolute Gasteiger partial charge is 0.496 e. The monoisotopic (exact) mass is 370 g/mol. The van der Waals surface area contributed by atoms with E-state index in [1.54, 1.807) is 7.11 Å². The third-order valence-electron chi connectivity index (χ3n) is 5.83. The van der Waals surface area contributed by atoms with E-state index in [0.717, 1.165) is 29.7 Å². The van der Waals surface area contributed by atoms with Gasteiger partial charge in [-0.1, -0.05) is 43.3 Å². The van der Waals surface area contributed by atoms with Gasteiger partial charge in [0.15, 0.2) is 0 Å². The van der Waals surface area contributed by atoms with E-state index in [1.807, 2.05) is 12.1 Å². The van der Waals surface area contributed by atoms with Gasteiger partial charge in [-0.25, -0.2) is 0 Å². The molecule has 4 nitrogen and oxygen atoms in total. The van der Waals surface area contributed by atoms with Crippen LogP contribution in [-0.4, -0.2) is 41.2 Å². The molecular formula is C23H30O4. The van der Waals surface area contributed by atoms with E-state index in [9.17, 15) is 15.3 Å². The molecular weight excluding hydrogens is 340 g/mol. The average Bonchev–Trinajstić information content (AvgIpc) is 2.70. The van der Waals surface area contributed by atoms with Crippen LogP contribution in [0.3, 0.4) is 0 Å². The number of hydrogen-bond acceptors (Lipinski definition) is 4. The highest BCUT2D eigenvalue weighted by Gasteiger charge is 2.36. The summed E-state index contributed by atoms with van der Waals surface area (Å²) in [5.41, 5.74) is 4.79. The second kappa shape index (κ2) is 8.87. The quantitative estimate of drug-likeness (QED) is 0.731. The Bertz CT molecular complexity index is 741. The van der Waals surface area contributed by atoms with E-state index in [2.05, 4.69) is 37.3 Å². The molecule has 4 atom stereocenters. The zero-order valence-corrected chi connectivity index (χ0v) is 16.1. The van der Waals surface area contributed by atoms with Crippen molar-refractivity contribution in [1.82, 2.24) is 0 Å². The van der Waals surface area contributed by atoms with Gasteiger partial charge in [-0.2, -0.15) is 0 Å². The minimum atomic E-state index is -0.846. The lowest BCUT2D eigenvalue weighted by Gasteiger charge is -2.36. The first-order valence-corrected chi connectivity index (χ1v) is 9.77. The molecule has 0 unspecified atom stereocenters. The second-order valence-electron chi connectivity index (χ2n) is 7.59. The fourth-order valence-electron chi connectivity index (χ4n) is 4.10. The Morgan fingerprint density at radius 3 is 2.33 bits per heavy atom. The molecule has 27 heavy (non-hydrogen) atoms. The van der Waals surface area contributed by atoms with E-state index < -0.39 is 12.2 Å². The van der Waals surface area contributed by atoms with Gasteiger partial charge < -0.3 is 20.1 Å². The highest BCUT2D eigenvalue weighted by Crippen LogP contribution is 2.38. The first-order chi connectivity index (χ1) is 13.0. The third-order valence-corrected chi connectivity index (χ3v) is 5.83. The number of benzene rings is 2. The predicted molar refractivity (Wildman–Crippen MR) is 106 cm³/mol. The summed E-state index contributed by atoms with van der Waals surface area (Å²) in [7, 11) is 1.68. The van der Waals surface area contributed by atoms with E-state index in [4.69, 9.17) is 4.74 Å². The van der Waals surface area contributed by atoms with Crippen LogP contribution >= 0.6 is 0 Å². The summed E-state index contributed by atoms with van der Waals surface area (Å²) in [5.74, 6) is 0.687. The lowest BCUT2D eigenvalue weighted by atomic mass is 9.75. The van der Waals surface area contributed by atoms with E-state index in [0.29, 0.717) is 12.8 Å². The van der Waals surface area contributed by atoms with Gasteiger partial charge >= 0.3 is 0 Å². The van der Waals surface area contributed by atoms with E-state index in [1.165, 1.54) is 11.1 Å². The highest BCUT2D eigenvalue weighted by atomic mass is 16.5. The Hall–Kier alpha value is -1.88. The van der Waals surface area contributed by atoms with Crippen molar-refractivity contribution < 1.29 is 20.1 Å². The van der Waals surface area contributed by atoms with Crippen molar-refractivity contribution in [3.05, 3.63) is 64.7 Å². The van der Waals surface area contributed by atoms with Crippen LogP contribution in [0.15, 0.2) is 42.5 Å². The molecule has 0 aromatic heterocycles. The highest BCUT2D eigenvalue weighted by molar-refractivity contribution is 5.42. The maximum atomic E-state index is 10.2. The number of methoxy groups -OCH3 is 1. The topological polar surface area (TPSA) is 69.9 Å². The Morgan fingerprint density at radius 1 is 1.00 bits per heavy atom. The van der Waals surface area contributed by atoms with Gasteiger partial charge in [-0.15, -0.1) is 0 Å². The first kappa shape index (κ1) is 19.9. The van der Waals surface area contributed by atoms with Crippen LogP contribution in [0.1, 0.15) is 47.9 Å². The number of hydrogen-bond donors (Lipinski definition) is 3.